The standard InChI is InChI=1S/C24H26N4O3S/c29-24(27-19-6-3-18-14-26-11-9-17(18)12-19)23-13-22(23)16-4-7-21(8-5-16)32(30,31)28-20-2-1-10-25-15-20/h3-9,11-12,14,20,22-23,25,28H,1-2,10,13,15H2,(H,27,29)/t20-,22?,23?/m1/s1. The first kappa shape index (κ1) is 21.1. The number of anilines is 1. The van der Waals surface area contributed by atoms with E-state index in [9.17, 15) is 13.2 Å². The Labute approximate surface area is 187 Å². The SMILES string of the molecule is O=C(Nc1ccc2cnccc2c1)C1CC1c1ccc(S(=O)(=O)N[C@@H]2CCCNC2)cc1. The molecule has 2 aliphatic rings. The molecule has 8 heteroatoms. The van der Waals surface area contributed by atoms with Gasteiger partial charge in [-0.15, -0.1) is 0 Å². The first-order valence-electron chi connectivity index (χ1n) is 11.0. The van der Waals surface area contributed by atoms with Crippen molar-refractivity contribution in [3.63, 3.8) is 0 Å². The third kappa shape index (κ3) is 4.53. The van der Waals surface area contributed by atoms with Crippen LogP contribution in [0.15, 0.2) is 65.8 Å². The van der Waals surface area contributed by atoms with Gasteiger partial charge in [-0.05, 0) is 73.0 Å². The van der Waals surface area contributed by atoms with Crippen molar-refractivity contribution >= 4 is 32.4 Å². The lowest BCUT2D eigenvalue weighted by Crippen LogP contribution is -2.45. The summed E-state index contributed by atoms with van der Waals surface area (Å²) < 4.78 is 28.1. The van der Waals surface area contributed by atoms with E-state index in [0.717, 1.165) is 47.8 Å². The van der Waals surface area contributed by atoms with Crippen molar-refractivity contribution in [1.82, 2.24) is 15.0 Å². The summed E-state index contributed by atoms with van der Waals surface area (Å²) in [6.07, 6.45) is 6.10. The van der Waals surface area contributed by atoms with Gasteiger partial charge in [0.2, 0.25) is 15.9 Å². The van der Waals surface area contributed by atoms with Gasteiger partial charge in [-0.3, -0.25) is 9.78 Å². The Morgan fingerprint density at radius 3 is 2.69 bits per heavy atom. The zero-order valence-electron chi connectivity index (χ0n) is 17.6. The van der Waals surface area contributed by atoms with Crippen LogP contribution in [0.5, 0.6) is 0 Å². The van der Waals surface area contributed by atoms with Crippen LogP contribution in [0.4, 0.5) is 5.69 Å². The average molecular weight is 451 g/mol. The minimum Gasteiger partial charge on any atom is -0.326 e. The zero-order chi connectivity index (χ0) is 22.1. The molecule has 3 N–H and O–H groups in total. The number of fused-ring (bicyclic) bond motifs is 1. The Balaban J connectivity index is 1.21. The van der Waals surface area contributed by atoms with Crippen molar-refractivity contribution in [2.75, 3.05) is 18.4 Å². The number of hydrogen-bond donors (Lipinski definition) is 3. The smallest absolute Gasteiger partial charge is 0.240 e. The monoisotopic (exact) mass is 450 g/mol. The van der Waals surface area contributed by atoms with Gasteiger partial charge in [0.1, 0.15) is 0 Å². The number of piperidine rings is 1. The number of aromatic nitrogens is 1. The molecule has 1 aliphatic carbocycles. The molecule has 5 rings (SSSR count). The van der Waals surface area contributed by atoms with E-state index in [1.165, 1.54) is 0 Å². The van der Waals surface area contributed by atoms with Gasteiger partial charge in [0, 0.05) is 42.0 Å². The van der Waals surface area contributed by atoms with Gasteiger partial charge < -0.3 is 10.6 Å². The van der Waals surface area contributed by atoms with Crippen LogP contribution in [0.2, 0.25) is 0 Å². The molecule has 1 aliphatic heterocycles. The molecule has 1 saturated carbocycles. The lowest BCUT2D eigenvalue weighted by molar-refractivity contribution is -0.117. The molecular formula is C24H26N4O3S. The summed E-state index contributed by atoms with van der Waals surface area (Å²) in [5.41, 5.74) is 1.76. The lowest BCUT2D eigenvalue weighted by atomic mass is 10.1. The molecule has 2 aromatic carbocycles. The summed E-state index contributed by atoms with van der Waals surface area (Å²) in [6, 6.07) is 14.5. The molecule has 0 radical (unpaired) electrons. The largest absolute Gasteiger partial charge is 0.326 e. The highest BCUT2D eigenvalue weighted by molar-refractivity contribution is 7.89. The molecule has 2 heterocycles. The number of benzene rings is 2. The van der Waals surface area contributed by atoms with Gasteiger partial charge in [-0.1, -0.05) is 18.2 Å². The van der Waals surface area contributed by atoms with E-state index in [4.69, 9.17) is 0 Å². The van der Waals surface area contributed by atoms with E-state index >= 15 is 0 Å². The van der Waals surface area contributed by atoms with Crippen LogP contribution in [0, 0.1) is 5.92 Å². The van der Waals surface area contributed by atoms with E-state index < -0.39 is 10.0 Å². The predicted molar refractivity (Wildman–Crippen MR) is 124 cm³/mol. The van der Waals surface area contributed by atoms with Gasteiger partial charge in [0.15, 0.2) is 0 Å². The zero-order valence-corrected chi connectivity index (χ0v) is 18.4. The van der Waals surface area contributed by atoms with Crippen LogP contribution in [0.1, 0.15) is 30.7 Å². The highest BCUT2D eigenvalue weighted by atomic mass is 32.2. The van der Waals surface area contributed by atoms with Crippen LogP contribution < -0.4 is 15.4 Å². The number of pyridine rings is 1. The molecule has 2 unspecified atom stereocenters. The topological polar surface area (TPSA) is 100 Å². The quantitative estimate of drug-likeness (QED) is 0.536. The maximum absolute atomic E-state index is 12.7. The molecule has 0 spiro atoms. The number of nitrogens with one attached hydrogen (secondary N) is 3. The second kappa shape index (κ2) is 8.61. The van der Waals surface area contributed by atoms with Crippen molar-refractivity contribution < 1.29 is 13.2 Å². The second-order valence-corrected chi connectivity index (χ2v) is 10.3. The summed E-state index contributed by atoms with van der Waals surface area (Å²) in [4.78, 5) is 17.1. The Kier molecular flexibility index (Phi) is 5.67. The van der Waals surface area contributed by atoms with Crippen LogP contribution in [0.3, 0.4) is 0 Å². The van der Waals surface area contributed by atoms with Crippen molar-refractivity contribution in [2.45, 2.75) is 36.1 Å². The van der Waals surface area contributed by atoms with Gasteiger partial charge in [-0.25, -0.2) is 13.1 Å². The van der Waals surface area contributed by atoms with Crippen LogP contribution in [0.25, 0.3) is 10.8 Å². The van der Waals surface area contributed by atoms with Crippen LogP contribution >= 0.6 is 0 Å². The molecule has 0 bridgehead atoms. The Bertz CT molecular complexity index is 1240. The van der Waals surface area contributed by atoms with Gasteiger partial charge in [0.25, 0.3) is 0 Å². The fourth-order valence-electron chi connectivity index (χ4n) is 4.38. The van der Waals surface area contributed by atoms with E-state index in [2.05, 4.69) is 20.3 Å². The van der Waals surface area contributed by atoms with Gasteiger partial charge in [0.05, 0.1) is 4.90 Å². The molecular weight excluding hydrogens is 424 g/mol. The molecule has 1 amide bonds. The van der Waals surface area contributed by atoms with Gasteiger partial charge >= 0.3 is 0 Å². The normalized spacial score (nSPS) is 23.1. The molecule has 166 valence electrons. The highest BCUT2D eigenvalue weighted by Gasteiger charge is 2.44. The molecule has 3 atom stereocenters. The number of rotatable bonds is 6. The highest BCUT2D eigenvalue weighted by Crippen LogP contribution is 2.48. The summed E-state index contributed by atoms with van der Waals surface area (Å²) in [5, 5.41) is 8.27. The van der Waals surface area contributed by atoms with Gasteiger partial charge in [-0.2, -0.15) is 0 Å². The van der Waals surface area contributed by atoms with E-state index in [1.807, 2.05) is 36.4 Å². The fourth-order valence-corrected chi connectivity index (χ4v) is 5.65. The molecule has 3 aromatic rings. The molecule has 7 nitrogen and oxygen atoms in total. The van der Waals surface area contributed by atoms with Crippen molar-refractivity contribution in [3.05, 3.63) is 66.5 Å². The van der Waals surface area contributed by atoms with E-state index in [-0.39, 0.29) is 28.7 Å². The number of nitrogens with zero attached hydrogens (tertiary/aromatic N) is 1. The number of amides is 1. The van der Waals surface area contributed by atoms with E-state index in [0.29, 0.717) is 6.54 Å². The third-order valence-electron chi connectivity index (χ3n) is 6.27. The Morgan fingerprint density at radius 1 is 1.06 bits per heavy atom. The first-order chi connectivity index (χ1) is 15.5. The summed E-state index contributed by atoms with van der Waals surface area (Å²) in [6.45, 7) is 1.59. The van der Waals surface area contributed by atoms with Crippen molar-refractivity contribution in [2.24, 2.45) is 5.92 Å². The van der Waals surface area contributed by atoms with Crippen molar-refractivity contribution in [3.8, 4) is 0 Å². The number of carbonyl (C=O) groups excluding carboxylic acids is 1. The maximum Gasteiger partial charge on any atom is 0.240 e. The van der Waals surface area contributed by atoms with Crippen LogP contribution in [-0.4, -0.2) is 38.4 Å². The maximum atomic E-state index is 12.7. The lowest BCUT2D eigenvalue weighted by Gasteiger charge is -2.23. The fraction of sp³-hybridized carbons (Fsp3) is 0.333. The summed E-state index contributed by atoms with van der Waals surface area (Å²) in [7, 11) is -3.54. The van der Waals surface area contributed by atoms with Crippen LogP contribution in [-0.2, 0) is 14.8 Å². The first-order valence-corrected chi connectivity index (χ1v) is 12.5. The molecule has 2 fully saturated rings. The number of hydrogen-bond acceptors (Lipinski definition) is 5. The Morgan fingerprint density at radius 2 is 1.91 bits per heavy atom. The molecule has 1 saturated heterocycles. The second-order valence-electron chi connectivity index (χ2n) is 8.61. The molecule has 32 heavy (non-hydrogen) atoms. The minimum absolute atomic E-state index is 0.00781. The van der Waals surface area contributed by atoms with E-state index in [1.54, 1.807) is 24.5 Å². The summed E-state index contributed by atoms with van der Waals surface area (Å²) >= 11 is 0. The molecule has 1 aromatic heterocycles. The minimum atomic E-state index is -3.54. The third-order valence-corrected chi connectivity index (χ3v) is 7.81. The Hall–Kier alpha value is -2.81. The number of carbonyl (C=O) groups is 1. The number of sulfonamides is 1. The average Bonchev–Trinajstić information content (AvgIpc) is 3.61. The predicted octanol–water partition coefficient (Wildman–Crippen LogP) is 3.01. The summed E-state index contributed by atoms with van der Waals surface area (Å²) in [5.74, 6) is 0.00974. The van der Waals surface area contributed by atoms with Crippen molar-refractivity contribution in [1.29, 1.82) is 0 Å².